The van der Waals surface area contributed by atoms with Crippen molar-refractivity contribution in [2.45, 2.75) is 69.9 Å². The molecule has 2 N–H and O–H groups in total. The zero-order valence-electron chi connectivity index (χ0n) is 22.0. The Hall–Kier alpha value is -2.52. The van der Waals surface area contributed by atoms with Crippen LogP contribution in [0.1, 0.15) is 69.9 Å². The zero-order chi connectivity index (χ0) is 26.3. The Labute approximate surface area is 214 Å². The van der Waals surface area contributed by atoms with Gasteiger partial charge in [-0.1, -0.05) is 26.8 Å². The number of rotatable bonds is 6. The second-order valence-electron chi connectivity index (χ2n) is 11.6. The summed E-state index contributed by atoms with van der Waals surface area (Å²) in [5.41, 5.74) is 6.41. The van der Waals surface area contributed by atoms with Crippen LogP contribution in [0.2, 0.25) is 0 Å². The fourth-order valence-corrected chi connectivity index (χ4v) is 6.82. The minimum Gasteiger partial charge on any atom is -0.384 e. The molecule has 2 aromatic rings. The Kier molecular flexibility index (Phi) is 7.18. The molecule has 1 unspecified atom stereocenters. The van der Waals surface area contributed by atoms with Gasteiger partial charge in [0.2, 0.25) is 9.84 Å². The van der Waals surface area contributed by atoms with E-state index in [1.807, 2.05) is 6.07 Å². The molecule has 4 rings (SSSR count). The summed E-state index contributed by atoms with van der Waals surface area (Å²) >= 11 is 0. The van der Waals surface area contributed by atoms with Gasteiger partial charge in [0.1, 0.15) is 17.4 Å². The van der Waals surface area contributed by atoms with Gasteiger partial charge in [0.25, 0.3) is 0 Å². The molecule has 1 atom stereocenters. The molecule has 0 radical (unpaired) electrons. The van der Waals surface area contributed by atoms with Gasteiger partial charge in [-0.05, 0) is 69.2 Å². The number of sulfone groups is 1. The lowest BCUT2D eigenvalue weighted by atomic mass is 9.75. The number of ketones is 1. The number of aromatic nitrogens is 2. The van der Waals surface area contributed by atoms with E-state index in [0.717, 1.165) is 44.7 Å². The Balaban J connectivity index is 1.71. The molecule has 0 amide bonds. The average Bonchev–Trinajstić information content (AvgIpc) is 3.12. The van der Waals surface area contributed by atoms with Gasteiger partial charge >= 0.3 is 0 Å². The highest BCUT2D eigenvalue weighted by Gasteiger charge is 2.47. The maximum atomic E-state index is 13.5. The minimum absolute atomic E-state index is 0.0957. The molecule has 0 saturated carbocycles. The first-order valence-corrected chi connectivity index (χ1v) is 14.3. The molecule has 2 aliphatic rings. The third-order valence-corrected chi connectivity index (χ3v) is 9.19. The molecule has 9 heteroatoms. The van der Waals surface area contributed by atoms with Crippen LogP contribution in [0.15, 0.2) is 35.4 Å². The van der Waals surface area contributed by atoms with Crippen LogP contribution in [0.4, 0.5) is 11.6 Å². The number of nitrogens with zero attached hydrogens (tertiary/aromatic N) is 3. The second kappa shape index (κ2) is 9.74. The Bertz CT molecular complexity index is 1230. The number of ether oxygens (including phenoxy) is 1. The number of nitrogen functional groups attached to an aromatic ring is 1. The van der Waals surface area contributed by atoms with E-state index in [1.165, 1.54) is 18.2 Å². The first-order valence-electron chi connectivity index (χ1n) is 12.7. The Morgan fingerprint density at radius 1 is 1.11 bits per heavy atom. The molecular weight excluding hydrogens is 476 g/mol. The number of anilines is 2. The van der Waals surface area contributed by atoms with Crippen molar-refractivity contribution in [3.63, 3.8) is 0 Å². The molecule has 0 spiro atoms. The lowest BCUT2D eigenvalue weighted by Crippen LogP contribution is -2.47. The number of Topliss-reactive ketones (excluding diaryl/α,β-unsaturated/α-hetero) is 1. The predicted octanol–water partition coefficient (Wildman–Crippen LogP) is 4.04. The van der Waals surface area contributed by atoms with Gasteiger partial charge in [0, 0.05) is 36.4 Å². The van der Waals surface area contributed by atoms with Crippen LogP contribution in [-0.2, 0) is 20.0 Å². The summed E-state index contributed by atoms with van der Waals surface area (Å²) < 4.78 is 31.6. The molecule has 0 aliphatic carbocycles. The van der Waals surface area contributed by atoms with Crippen molar-refractivity contribution in [1.29, 1.82) is 0 Å². The van der Waals surface area contributed by atoms with E-state index in [4.69, 9.17) is 15.5 Å². The molecule has 0 aromatic carbocycles. The number of pyridine rings is 2. The molecule has 2 saturated heterocycles. The minimum atomic E-state index is -3.97. The highest BCUT2D eigenvalue weighted by Crippen LogP contribution is 2.45. The maximum absolute atomic E-state index is 13.5. The van der Waals surface area contributed by atoms with Gasteiger partial charge in [0.05, 0.1) is 5.56 Å². The van der Waals surface area contributed by atoms with Crippen LogP contribution in [0.25, 0.3) is 0 Å². The molecule has 196 valence electrons. The first kappa shape index (κ1) is 26.5. The smallest absolute Gasteiger partial charge is 0.203 e. The second-order valence-corrected chi connectivity index (χ2v) is 13.5. The third-order valence-electron chi connectivity index (χ3n) is 7.69. The van der Waals surface area contributed by atoms with Gasteiger partial charge in [0.15, 0.2) is 10.8 Å². The number of hydrogen-bond donors (Lipinski definition) is 1. The maximum Gasteiger partial charge on any atom is 0.203 e. The summed E-state index contributed by atoms with van der Waals surface area (Å²) in [6, 6.07) is 7.97. The van der Waals surface area contributed by atoms with Crippen molar-refractivity contribution in [3.8, 4) is 0 Å². The predicted molar refractivity (Wildman–Crippen MR) is 141 cm³/mol. The zero-order valence-corrected chi connectivity index (χ0v) is 22.8. The molecule has 8 nitrogen and oxygen atoms in total. The summed E-state index contributed by atoms with van der Waals surface area (Å²) in [6.07, 6.45) is 3.07. The summed E-state index contributed by atoms with van der Waals surface area (Å²) in [7, 11) is -3.97. The van der Waals surface area contributed by atoms with Crippen LogP contribution >= 0.6 is 0 Å². The summed E-state index contributed by atoms with van der Waals surface area (Å²) in [5, 5.41) is -0.197. The van der Waals surface area contributed by atoms with Crippen LogP contribution in [0.5, 0.6) is 0 Å². The highest BCUT2D eigenvalue weighted by atomic mass is 32.2. The lowest BCUT2D eigenvalue weighted by molar-refractivity contribution is 0.0382. The number of hydrogen-bond acceptors (Lipinski definition) is 8. The molecule has 36 heavy (non-hydrogen) atoms. The van der Waals surface area contributed by atoms with Crippen molar-refractivity contribution in [1.82, 2.24) is 9.97 Å². The van der Waals surface area contributed by atoms with E-state index >= 15 is 0 Å². The van der Waals surface area contributed by atoms with Gasteiger partial charge in [-0.2, -0.15) is 0 Å². The van der Waals surface area contributed by atoms with Gasteiger partial charge in [-0.15, -0.1) is 0 Å². The first-order chi connectivity index (χ1) is 16.8. The molecule has 2 aromatic heterocycles. The van der Waals surface area contributed by atoms with E-state index in [9.17, 15) is 13.2 Å². The fourth-order valence-electron chi connectivity index (χ4n) is 5.64. The standard InChI is InChI=1S/C27H38N4O4S/c1-26(2,3)22-10-9-19(21(32)17-36(33,34)24-8-6-7-23(28)30-24)25(29-22)31-14-11-20(27(31,4)5)18-12-15-35-16-13-18/h6-10,18,20H,11-17H2,1-5H3,(H2,28,30). The highest BCUT2D eigenvalue weighted by molar-refractivity contribution is 7.92. The van der Waals surface area contributed by atoms with Crippen LogP contribution in [0.3, 0.4) is 0 Å². The molecule has 0 bridgehead atoms. The monoisotopic (exact) mass is 514 g/mol. The van der Waals surface area contributed by atoms with E-state index in [2.05, 4.69) is 44.5 Å². The van der Waals surface area contributed by atoms with Crippen molar-refractivity contribution in [2.75, 3.05) is 36.1 Å². The molecular formula is C27H38N4O4S. The van der Waals surface area contributed by atoms with E-state index in [-0.39, 0.29) is 21.8 Å². The van der Waals surface area contributed by atoms with Crippen LogP contribution in [-0.4, -0.2) is 55.2 Å². The molecule has 4 heterocycles. The number of carbonyl (C=O) groups is 1. The average molecular weight is 515 g/mol. The van der Waals surface area contributed by atoms with Gasteiger partial charge in [-0.3, -0.25) is 4.79 Å². The quantitative estimate of drug-likeness (QED) is 0.574. The molecule has 2 aliphatic heterocycles. The van der Waals surface area contributed by atoms with Crippen molar-refractivity contribution < 1.29 is 17.9 Å². The normalized spacial score (nSPS) is 21.0. The summed E-state index contributed by atoms with van der Waals surface area (Å²) in [6.45, 7) is 13.0. The topological polar surface area (TPSA) is 115 Å². The van der Waals surface area contributed by atoms with Crippen molar-refractivity contribution in [2.24, 2.45) is 11.8 Å². The summed E-state index contributed by atoms with van der Waals surface area (Å²) in [5.74, 6) is 0.474. The number of nitrogens with two attached hydrogens (primary N) is 1. The van der Waals surface area contributed by atoms with Crippen molar-refractivity contribution >= 4 is 27.3 Å². The van der Waals surface area contributed by atoms with E-state index < -0.39 is 21.4 Å². The molecule has 2 fully saturated rings. The summed E-state index contributed by atoms with van der Waals surface area (Å²) in [4.78, 5) is 24.7. The van der Waals surface area contributed by atoms with Gasteiger partial charge in [-0.25, -0.2) is 18.4 Å². The van der Waals surface area contributed by atoms with Crippen LogP contribution in [0, 0.1) is 11.8 Å². The van der Waals surface area contributed by atoms with E-state index in [0.29, 0.717) is 23.2 Å². The Morgan fingerprint density at radius 2 is 1.81 bits per heavy atom. The van der Waals surface area contributed by atoms with Crippen LogP contribution < -0.4 is 10.6 Å². The largest absolute Gasteiger partial charge is 0.384 e. The van der Waals surface area contributed by atoms with Gasteiger partial charge < -0.3 is 15.4 Å². The number of carbonyl (C=O) groups excluding carboxylic acids is 1. The van der Waals surface area contributed by atoms with E-state index in [1.54, 1.807) is 6.07 Å². The fraction of sp³-hybridized carbons (Fsp3) is 0.593. The SMILES string of the molecule is CC(C)(C)c1ccc(C(=O)CS(=O)(=O)c2cccc(N)n2)c(N2CCC(C3CCOCC3)C2(C)C)n1. The lowest BCUT2D eigenvalue weighted by Gasteiger charge is -2.42. The van der Waals surface area contributed by atoms with Crippen molar-refractivity contribution in [3.05, 3.63) is 41.6 Å². The Morgan fingerprint density at radius 3 is 2.44 bits per heavy atom. The third kappa shape index (κ3) is 5.27.